The van der Waals surface area contributed by atoms with E-state index in [0.717, 1.165) is 22.5 Å². The molecule has 0 bridgehead atoms. The number of hydrogen-bond acceptors (Lipinski definition) is 3. The fraction of sp³-hybridized carbons (Fsp3) is 0.100. The third kappa shape index (κ3) is 0.849. The molecule has 0 amide bonds. The zero-order valence-electron chi connectivity index (χ0n) is 7.68. The van der Waals surface area contributed by atoms with Crippen LogP contribution in [0.3, 0.4) is 0 Å². The second-order valence-electron chi connectivity index (χ2n) is 3.19. The first kappa shape index (κ1) is 7.44. The van der Waals surface area contributed by atoms with E-state index in [-0.39, 0.29) is 0 Å². The number of imidazole rings is 1. The van der Waals surface area contributed by atoms with Crippen LogP contribution in [0, 0.1) is 6.92 Å². The molecule has 2 heterocycles. The Bertz CT molecular complexity index is 612. The van der Waals surface area contributed by atoms with Gasteiger partial charge < -0.3 is 0 Å². The standard InChI is InChI=1S/C10H8N4/c1-7-11-6-10-13-12-8-4-2-3-5-9(8)14(7)10/h2-6H,1H3. The zero-order chi connectivity index (χ0) is 9.54. The molecule has 0 aliphatic carbocycles. The SMILES string of the molecule is Cc1ncc2nnc3ccccc3n12. The van der Waals surface area contributed by atoms with Crippen molar-refractivity contribution in [2.24, 2.45) is 0 Å². The molecule has 0 fully saturated rings. The van der Waals surface area contributed by atoms with E-state index < -0.39 is 0 Å². The van der Waals surface area contributed by atoms with E-state index >= 15 is 0 Å². The summed E-state index contributed by atoms with van der Waals surface area (Å²) in [6, 6.07) is 7.91. The van der Waals surface area contributed by atoms with Gasteiger partial charge in [0.15, 0.2) is 5.65 Å². The Hall–Kier alpha value is -1.97. The van der Waals surface area contributed by atoms with E-state index in [2.05, 4.69) is 15.2 Å². The van der Waals surface area contributed by atoms with E-state index in [0.29, 0.717) is 0 Å². The minimum atomic E-state index is 0.793. The first-order valence-corrected chi connectivity index (χ1v) is 4.42. The van der Waals surface area contributed by atoms with E-state index in [1.165, 1.54) is 0 Å². The number of aryl methyl sites for hydroxylation is 1. The molecule has 2 aromatic heterocycles. The highest BCUT2D eigenvalue weighted by atomic mass is 15.2. The van der Waals surface area contributed by atoms with Crippen LogP contribution in [0.15, 0.2) is 30.5 Å². The quantitative estimate of drug-likeness (QED) is 0.532. The van der Waals surface area contributed by atoms with Crippen molar-refractivity contribution in [1.82, 2.24) is 19.6 Å². The van der Waals surface area contributed by atoms with Crippen LogP contribution in [0.4, 0.5) is 0 Å². The Morgan fingerprint density at radius 3 is 2.93 bits per heavy atom. The van der Waals surface area contributed by atoms with Gasteiger partial charge in [-0.25, -0.2) is 4.98 Å². The number of hydrogen-bond donors (Lipinski definition) is 0. The van der Waals surface area contributed by atoms with Crippen molar-refractivity contribution in [3.05, 3.63) is 36.3 Å². The molecule has 0 saturated carbocycles. The first-order valence-electron chi connectivity index (χ1n) is 4.42. The normalized spacial score (nSPS) is 11.2. The Balaban J connectivity index is 2.65. The molecule has 4 nitrogen and oxygen atoms in total. The predicted molar refractivity (Wildman–Crippen MR) is 53.0 cm³/mol. The molecule has 3 rings (SSSR count). The number of para-hydroxylation sites is 1. The van der Waals surface area contributed by atoms with Gasteiger partial charge in [-0.15, -0.1) is 10.2 Å². The van der Waals surface area contributed by atoms with Gasteiger partial charge in [-0.1, -0.05) is 12.1 Å². The van der Waals surface area contributed by atoms with Crippen molar-refractivity contribution >= 4 is 16.7 Å². The second kappa shape index (κ2) is 2.51. The molecule has 14 heavy (non-hydrogen) atoms. The van der Waals surface area contributed by atoms with E-state index in [1.807, 2.05) is 35.6 Å². The lowest BCUT2D eigenvalue weighted by Crippen LogP contribution is -1.95. The second-order valence-corrected chi connectivity index (χ2v) is 3.19. The van der Waals surface area contributed by atoms with Gasteiger partial charge in [-0.3, -0.25) is 4.40 Å². The lowest BCUT2D eigenvalue weighted by atomic mass is 10.3. The zero-order valence-corrected chi connectivity index (χ0v) is 7.68. The first-order chi connectivity index (χ1) is 6.86. The van der Waals surface area contributed by atoms with Crippen LogP contribution in [0.1, 0.15) is 5.82 Å². The fourth-order valence-corrected chi connectivity index (χ4v) is 1.64. The molecule has 1 aromatic carbocycles. The van der Waals surface area contributed by atoms with Gasteiger partial charge in [-0.05, 0) is 19.1 Å². The summed E-state index contributed by atoms with van der Waals surface area (Å²) < 4.78 is 2.00. The highest BCUT2D eigenvalue weighted by molar-refractivity contribution is 5.76. The number of aromatic nitrogens is 4. The molecule has 0 aliphatic rings. The maximum Gasteiger partial charge on any atom is 0.179 e. The molecule has 4 heteroatoms. The van der Waals surface area contributed by atoms with Gasteiger partial charge in [0.25, 0.3) is 0 Å². The van der Waals surface area contributed by atoms with Crippen molar-refractivity contribution in [2.75, 3.05) is 0 Å². The van der Waals surface area contributed by atoms with Crippen LogP contribution in [-0.4, -0.2) is 19.6 Å². The molecular weight excluding hydrogens is 176 g/mol. The minimum Gasteiger partial charge on any atom is -0.278 e. The Labute approximate surface area is 80.2 Å². The maximum absolute atomic E-state index is 4.21. The highest BCUT2D eigenvalue weighted by Gasteiger charge is 2.04. The smallest absolute Gasteiger partial charge is 0.179 e. The van der Waals surface area contributed by atoms with E-state index in [1.54, 1.807) is 6.20 Å². The van der Waals surface area contributed by atoms with Gasteiger partial charge >= 0.3 is 0 Å². The van der Waals surface area contributed by atoms with Crippen molar-refractivity contribution < 1.29 is 0 Å². The van der Waals surface area contributed by atoms with Gasteiger partial charge in [-0.2, -0.15) is 0 Å². The number of benzene rings is 1. The predicted octanol–water partition coefficient (Wildman–Crippen LogP) is 1.59. The van der Waals surface area contributed by atoms with Crippen LogP contribution >= 0.6 is 0 Å². The average Bonchev–Trinajstić information content (AvgIpc) is 2.61. The summed E-state index contributed by atoms with van der Waals surface area (Å²) in [6.07, 6.45) is 1.73. The Morgan fingerprint density at radius 2 is 2.00 bits per heavy atom. The average molecular weight is 184 g/mol. The molecular formula is C10H8N4. The van der Waals surface area contributed by atoms with Crippen molar-refractivity contribution in [2.45, 2.75) is 6.92 Å². The number of nitrogens with zero attached hydrogens (tertiary/aromatic N) is 4. The van der Waals surface area contributed by atoms with Crippen LogP contribution in [0.2, 0.25) is 0 Å². The fourth-order valence-electron chi connectivity index (χ4n) is 1.64. The summed E-state index contributed by atoms with van der Waals surface area (Å²) in [4.78, 5) is 4.21. The monoisotopic (exact) mass is 184 g/mol. The Morgan fingerprint density at radius 1 is 1.14 bits per heavy atom. The van der Waals surface area contributed by atoms with Crippen LogP contribution in [-0.2, 0) is 0 Å². The highest BCUT2D eigenvalue weighted by Crippen LogP contribution is 2.13. The molecule has 0 aliphatic heterocycles. The lowest BCUT2D eigenvalue weighted by molar-refractivity contribution is 1.01. The summed E-state index contributed by atoms with van der Waals surface area (Å²) in [5.41, 5.74) is 2.73. The minimum absolute atomic E-state index is 0.793. The molecule has 0 atom stereocenters. The third-order valence-corrected chi connectivity index (χ3v) is 2.30. The van der Waals surface area contributed by atoms with Crippen LogP contribution in [0.5, 0.6) is 0 Å². The molecule has 0 unspecified atom stereocenters. The van der Waals surface area contributed by atoms with Crippen LogP contribution in [0.25, 0.3) is 16.7 Å². The molecule has 0 spiro atoms. The largest absolute Gasteiger partial charge is 0.278 e. The van der Waals surface area contributed by atoms with E-state index in [4.69, 9.17) is 0 Å². The summed E-state index contributed by atoms with van der Waals surface area (Å²) >= 11 is 0. The molecule has 0 saturated heterocycles. The summed E-state index contributed by atoms with van der Waals surface area (Å²) in [5.74, 6) is 0.936. The van der Waals surface area contributed by atoms with E-state index in [9.17, 15) is 0 Å². The molecule has 68 valence electrons. The topological polar surface area (TPSA) is 43.1 Å². The molecule has 3 aromatic rings. The Kier molecular flexibility index (Phi) is 1.33. The van der Waals surface area contributed by atoms with Crippen molar-refractivity contribution in [1.29, 1.82) is 0 Å². The van der Waals surface area contributed by atoms with Crippen LogP contribution < -0.4 is 0 Å². The summed E-state index contributed by atoms with van der Waals surface area (Å²) in [6.45, 7) is 1.96. The van der Waals surface area contributed by atoms with Crippen molar-refractivity contribution in [3.63, 3.8) is 0 Å². The third-order valence-electron chi connectivity index (χ3n) is 2.30. The van der Waals surface area contributed by atoms with Gasteiger partial charge in [0.05, 0.1) is 11.7 Å². The lowest BCUT2D eigenvalue weighted by Gasteiger charge is -2.00. The summed E-state index contributed by atoms with van der Waals surface area (Å²) in [5, 5.41) is 8.19. The summed E-state index contributed by atoms with van der Waals surface area (Å²) in [7, 11) is 0. The number of rotatable bonds is 0. The number of fused-ring (bicyclic) bond motifs is 3. The molecule has 0 radical (unpaired) electrons. The van der Waals surface area contributed by atoms with Gasteiger partial charge in [0.2, 0.25) is 0 Å². The maximum atomic E-state index is 4.21. The van der Waals surface area contributed by atoms with Crippen molar-refractivity contribution in [3.8, 4) is 0 Å². The van der Waals surface area contributed by atoms with Gasteiger partial charge in [0, 0.05) is 0 Å². The van der Waals surface area contributed by atoms with Gasteiger partial charge in [0.1, 0.15) is 11.3 Å². The molecule has 0 N–H and O–H groups in total.